The molecule has 1 aliphatic carbocycles. The third kappa shape index (κ3) is 5.32. The van der Waals surface area contributed by atoms with Gasteiger partial charge >= 0.3 is 0 Å². The largest absolute Gasteiger partial charge is 0.489 e. The van der Waals surface area contributed by atoms with Crippen molar-refractivity contribution in [2.75, 3.05) is 46.3 Å². The van der Waals surface area contributed by atoms with Crippen molar-refractivity contribution in [3.8, 4) is 5.75 Å². The van der Waals surface area contributed by atoms with Crippen LogP contribution in [0.5, 0.6) is 5.75 Å². The van der Waals surface area contributed by atoms with E-state index in [4.69, 9.17) is 4.74 Å². The van der Waals surface area contributed by atoms with E-state index in [9.17, 15) is 0 Å². The van der Waals surface area contributed by atoms with E-state index in [1.54, 1.807) is 0 Å². The van der Waals surface area contributed by atoms with Crippen LogP contribution in [0.2, 0.25) is 0 Å². The topological polar surface area (TPSA) is 27.7 Å². The molecule has 1 saturated carbocycles. The smallest absolute Gasteiger partial charge is 0.119 e. The van der Waals surface area contributed by atoms with E-state index in [1.807, 2.05) is 18.2 Å². The highest BCUT2D eigenvalue weighted by molar-refractivity contribution is 5.34. The van der Waals surface area contributed by atoms with Gasteiger partial charge in [0.2, 0.25) is 0 Å². The Hall–Kier alpha value is -1.88. The first-order chi connectivity index (χ1) is 13.3. The third-order valence-corrected chi connectivity index (χ3v) is 5.78. The maximum atomic E-state index is 5.89. The van der Waals surface area contributed by atoms with Gasteiger partial charge in [-0.15, -0.1) is 0 Å². The lowest BCUT2D eigenvalue weighted by molar-refractivity contribution is 0.154. The molecule has 2 atom stereocenters. The summed E-state index contributed by atoms with van der Waals surface area (Å²) < 4.78 is 5.89. The first-order valence-corrected chi connectivity index (χ1v) is 10.2. The van der Waals surface area contributed by atoms with Crippen LogP contribution < -0.4 is 10.1 Å². The van der Waals surface area contributed by atoms with Crippen LogP contribution in [0.15, 0.2) is 54.6 Å². The van der Waals surface area contributed by atoms with Crippen LogP contribution in [-0.4, -0.2) is 62.2 Å². The maximum Gasteiger partial charge on any atom is 0.119 e. The molecule has 4 nitrogen and oxygen atoms in total. The second-order valence-electron chi connectivity index (χ2n) is 7.89. The standard InChI is InChI=1S/C23H31N3O/c1-25-13-15-26(16-14-25)12-11-24-23-17-22(23)20-7-9-21(10-8-20)27-18-19-5-3-2-4-6-19/h2-10,22-24H,11-18H2,1H3. The van der Waals surface area contributed by atoms with Crippen molar-refractivity contribution < 1.29 is 4.74 Å². The summed E-state index contributed by atoms with van der Waals surface area (Å²) in [5.41, 5.74) is 2.63. The Balaban J connectivity index is 1.17. The molecule has 144 valence electrons. The van der Waals surface area contributed by atoms with Gasteiger partial charge in [-0.2, -0.15) is 0 Å². The van der Waals surface area contributed by atoms with E-state index >= 15 is 0 Å². The average Bonchev–Trinajstić information content (AvgIpc) is 3.49. The molecule has 2 fully saturated rings. The van der Waals surface area contributed by atoms with Crippen molar-refractivity contribution in [2.45, 2.75) is 25.0 Å². The van der Waals surface area contributed by atoms with E-state index in [0.717, 1.165) is 12.3 Å². The van der Waals surface area contributed by atoms with Crippen LogP contribution in [0.3, 0.4) is 0 Å². The van der Waals surface area contributed by atoms with Crippen LogP contribution in [0.1, 0.15) is 23.5 Å². The Morgan fingerprint density at radius 3 is 2.44 bits per heavy atom. The normalized spacial score (nSPS) is 23.3. The highest BCUT2D eigenvalue weighted by atomic mass is 16.5. The zero-order valence-corrected chi connectivity index (χ0v) is 16.3. The quantitative estimate of drug-likeness (QED) is 0.778. The first-order valence-electron chi connectivity index (χ1n) is 10.2. The van der Waals surface area contributed by atoms with Crippen molar-refractivity contribution in [1.29, 1.82) is 0 Å². The molecule has 0 spiro atoms. The van der Waals surface area contributed by atoms with Gasteiger partial charge in [-0.05, 0) is 36.7 Å². The monoisotopic (exact) mass is 365 g/mol. The zero-order valence-electron chi connectivity index (χ0n) is 16.3. The fourth-order valence-electron chi connectivity index (χ4n) is 3.82. The second-order valence-corrected chi connectivity index (χ2v) is 7.89. The van der Waals surface area contributed by atoms with E-state index in [1.165, 1.54) is 50.3 Å². The molecule has 27 heavy (non-hydrogen) atoms. The molecular weight excluding hydrogens is 334 g/mol. The summed E-state index contributed by atoms with van der Waals surface area (Å²) in [5.74, 6) is 1.61. The Kier molecular flexibility index (Phi) is 6.07. The third-order valence-electron chi connectivity index (χ3n) is 5.78. The highest BCUT2D eigenvalue weighted by Gasteiger charge is 2.37. The molecular formula is C23H31N3O. The van der Waals surface area contributed by atoms with Crippen molar-refractivity contribution in [3.63, 3.8) is 0 Å². The lowest BCUT2D eigenvalue weighted by Crippen LogP contribution is -2.46. The molecule has 0 radical (unpaired) electrons. The molecule has 2 aromatic rings. The fraction of sp³-hybridized carbons (Fsp3) is 0.478. The lowest BCUT2D eigenvalue weighted by Gasteiger charge is -2.32. The van der Waals surface area contributed by atoms with Crippen LogP contribution in [0.25, 0.3) is 0 Å². The second kappa shape index (κ2) is 8.87. The van der Waals surface area contributed by atoms with Gasteiger partial charge in [0.1, 0.15) is 12.4 Å². The molecule has 1 heterocycles. The zero-order chi connectivity index (χ0) is 18.5. The predicted octanol–water partition coefficient (Wildman–Crippen LogP) is 2.96. The molecule has 1 N–H and O–H groups in total. The summed E-state index contributed by atoms with van der Waals surface area (Å²) >= 11 is 0. The molecule has 2 aliphatic rings. The van der Waals surface area contributed by atoms with Gasteiger partial charge in [0.15, 0.2) is 0 Å². The van der Waals surface area contributed by atoms with Crippen LogP contribution >= 0.6 is 0 Å². The number of benzene rings is 2. The number of rotatable bonds is 8. The van der Waals surface area contributed by atoms with Gasteiger partial charge in [0.05, 0.1) is 0 Å². The van der Waals surface area contributed by atoms with Gasteiger partial charge in [-0.25, -0.2) is 0 Å². The minimum absolute atomic E-state index is 0.625. The number of nitrogens with zero attached hydrogens (tertiary/aromatic N) is 2. The Labute approximate surface area is 163 Å². The molecule has 0 bridgehead atoms. The van der Waals surface area contributed by atoms with Crippen molar-refractivity contribution in [2.24, 2.45) is 0 Å². The van der Waals surface area contributed by atoms with Crippen LogP contribution in [0.4, 0.5) is 0 Å². The molecule has 2 aromatic carbocycles. The lowest BCUT2D eigenvalue weighted by atomic mass is 10.1. The molecule has 1 saturated heterocycles. The van der Waals surface area contributed by atoms with Gasteiger partial charge in [0.25, 0.3) is 0 Å². The fourth-order valence-corrected chi connectivity index (χ4v) is 3.82. The minimum Gasteiger partial charge on any atom is -0.489 e. The van der Waals surface area contributed by atoms with Crippen LogP contribution in [-0.2, 0) is 6.61 Å². The van der Waals surface area contributed by atoms with Gasteiger partial charge in [-0.1, -0.05) is 42.5 Å². The molecule has 0 aromatic heterocycles. The predicted molar refractivity (Wildman–Crippen MR) is 110 cm³/mol. The van der Waals surface area contributed by atoms with E-state index in [-0.39, 0.29) is 0 Å². The summed E-state index contributed by atoms with van der Waals surface area (Å²) in [5, 5.41) is 3.74. The molecule has 0 amide bonds. The Bertz CT molecular complexity index is 695. The molecule has 4 heteroatoms. The van der Waals surface area contributed by atoms with Crippen LogP contribution in [0, 0.1) is 0 Å². The number of ether oxygens (including phenoxy) is 1. The number of nitrogens with one attached hydrogen (secondary N) is 1. The minimum atomic E-state index is 0.625. The molecule has 2 unspecified atom stereocenters. The summed E-state index contributed by atoms with van der Waals surface area (Å²) in [6, 6.07) is 19.6. The van der Waals surface area contributed by atoms with E-state index in [2.05, 4.69) is 58.6 Å². The summed E-state index contributed by atoms with van der Waals surface area (Å²) in [4.78, 5) is 4.98. The SMILES string of the molecule is CN1CCN(CCNC2CC2c2ccc(OCc3ccccc3)cc2)CC1. The number of hydrogen-bond donors (Lipinski definition) is 1. The van der Waals surface area contributed by atoms with Gasteiger partial charge in [0, 0.05) is 51.2 Å². The highest BCUT2D eigenvalue weighted by Crippen LogP contribution is 2.41. The number of likely N-dealkylation sites (N-methyl/N-ethyl adjacent to an activating group) is 1. The van der Waals surface area contributed by atoms with Gasteiger partial charge < -0.3 is 15.0 Å². The summed E-state index contributed by atoms with van der Waals surface area (Å²) in [7, 11) is 2.21. The van der Waals surface area contributed by atoms with E-state index < -0.39 is 0 Å². The summed E-state index contributed by atoms with van der Waals surface area (Å²) in [6.07, 6.45) is 1.26. The Morgan fingerprint density at radius 1 is 0.963 bits per heavy atom. The van der Waals surface area contributed by atoms with Gasteiger partial charge in [-0.3, -0.25) is 4.90 Å². The first kappa shape index (κ1) is 18.5. The summed E-state index contributed by atoms with van der Waals surface area (Å²) in [6.45, 7) is 7.70. The molecule has 1 aliphatic heterocycles. The van der Waals surface area contributed by atoms with Crippen molar-refractivity contribution in [1.82, 2.24) is 15.1 Å². The number of hydrogen-bond acceptors (Lipinski definition) is 4. The molecule has 4 rings (SSSR count). The average molecular weight is 366 g/mol. The van der Waals surface area contributed by atoms with Crippen molar-refractivity contribution in [3.05, 3.63) is 65.7 Å². The number of piperazine rings is 1. The maximum absolute atomic E-state index is 5.89. The van der Waals surface area contributed by atoms with E-state index in [0.29, 0.717) is 18.6 Å². The van der Waals surface area contributed by atoms with Crippen molar-refractivity contribution >= 4 is 0 Å². The Morgan fingerprint density at radius 2 is 1.70 bits per heavy atom.